The first-order valence-electron chi connectivity index (χ1n) is 8.81. The number of carbonyl (C=O) groups is 1. The van der Waals surface area contributed by atoms with Gasteiger partial charge in [-0.3, -0.25) is 10.1 Å². The highest BCUT2D eigenvalue weighted by Gasteiger charge is 2.06. The van der Waals surface area contributed by atoms with Gasteiger partial charge in [0.15, 0.2) is 5.11 Å². The number of anilines is 1. The monoisotopic (exact) mass is 408 g/mol. The molecule has 6 nitrogen and oxygen atoms in total. The van der Waals surface area contributed by atoms with Crippen molar-refractivity contribution in [3.05, 3.63) is 78.1 Å². The maximum absolute atomic E-state index is 12.0. The van der Waals surface area contributed by atoms with Crippen LogP contribution in [0.4, 0.5) is 5.69 Å². The first-order valence-corrected chi connectivity index (χ1v) is 9.22. The molecule has 0 aliphatic rings. The van der Waals surface area contributed by atoms with Crippen molar-refractivity contribution >= 4 is 35.0 Å². The molecule has 7 heteroatoms. The fraction of sp³-hybridized carbons (Fsp3) is 0.0909. The molecular formula is C22H20N2O4S. The van der Waals surface area contributed by atoms with Crippen molar-refractivity contribution in [2.45, 2.75) is 6.61 Å². The number of nitrogens with one attached hydrogen (secondary N) is 2. The van der Waals surface area contributed by atoms with E-state index in [1.165, 1.54) is 6.08 Å². The number of aliphatic hydroxyl groups is 1. The van der Waals surface area contributed by atoms with Gasteiger partial charge in [0.05, 0.1) is 7.11 Å². The molecule has 2 aromatic carbocycles. The van der Waals surface area contributed by atoms with E-state index < -0.39 is 0 Å². The van der Waals surface area contributed by atoms with Crippen LogP contribution in [0.15, 0.2) is 71.2 Å². The third-order valence-corrected chi connectivity index (χ3v) is 4.23. The molecule has 0 saturated heterocycles. The lowest BCUT2D eigenvalue weighted by Crippen LogP contribution is -2.32. The molecule has 3 aromatic rings. The Morgan fingerprint density at radius 1 is 1.10 bits per heavy atom. The second kappa shape index (κ2) is 9.68. The minimum absolute atomic E-state index is 0.138. The van der Waals surface area contributed by atoms with Crippen LogP contribution in [0.3, 0.4) is 0 Å². The minimum atomic E-state index is -0.331. The van der Waals surface area contributed by atoms with Gasteiger partial charge in [-0.15, -0.1) is 0 Å². The molecule has 1 aromatic heterocycles. The van der Waals surface area contributed by atoms with Gasteiger partial charge in [-0.2, -0.15) is 0 Å². The number of methoxy groups -OCH3 is 1. The summed E-state index contributed by atoms with van der Waals surface area (Å²) in [5.74, 6) is 1.60. The zero-order chi connectivity index (χ0) is 20.6. The Balaban J connectivity index is 1.52. The Morgan fingerprint density at radius 3 is 2.45 bits per heavy atom. The summed E-state index contributed by atoms with van der Waals surface area (Å²) in [5.41, 5.74) is 2.47. The van der Waals surface area contributed by atoms with Crippen LogP contribution in [-0.4, -0.2) is 23.2 Å². The number of furan rings is 1. The first-order chi connectivity index (χ1) is 14.1. The van der Waals surface area contributed by atoms with Gasteiger partial charge in [-0.25, -0.2) is 0 Å². The number of hydrogen-bond donors (Lipinski definition) is 3. The highest BCUT2D eigenvalue weighted by molar-refractivity contribution is 7.80. The number of carbonyl (C=O) groups excluding carboxylic acids is 1. The number of amides is 1. The number of rotatable bonds is 6. The summed E-state index contributed by atoms with van der Waals surface area (Å²) in [7, 11) is 1.60. The Labute approximate surface area is 173 Å². The Kier molecular flexibility index (Phi) is 6.78. The molecular weight excluding hydrogens is 388 g/mol. The number of benzene rings is 2. The fourth-order valence-corrected chi connectivity index (χ4v) is 2.76. The molecule has 3 rings (SSSR count). The molecule has 0 saturated carbocycles. The molecule has 148 valence electrons. The SMILES string of the molecule is COc1ccc(/C=C/C(=O)NC(=S)Nc2ccc(-c3ccc(CO)o3)cc2)cc1. The van der Waals surface area contributed by atoms with Crippen LogP contribution in [0.5, 0.6) is 5.75 Å². The van der Waals surface area contributed by atoms with Crippen molar-refractivity contribution in [2.75, 3.05) is 12.4 Å². The maximum atomic E-state index is 12.0. The molecule has 3 N–H and O–H groups in total. The highest BCUT2D eigenvalue weighted by atomic mass is 32.1. The van der Waals surface area contributed by atoms with Crippen LogP contribution >= 0.6 is 12.2 Å². The van der Waals surface area contributed by atoms with Crippen LogP contribution in [-0.2, 0) is 11.4 Å². The average molecular weight is 408 g/mol. The van der Waals surface area contributed by atoms with Crippen molar-refractivity contribution in [2.24, 2.45) is 0 Å². The van der Waals surface area contributed by atoms with Crippen molar-refractivity contribution in [3.8, 4) is 17.1 Å². The predicted molar refractivity (Wildman–Crippen MR) is 116 cm³/mol. The van der Waals surface area contributed by atoms with Gasteiger partial charge < -0.3 is 19.6 Å². The van der Waals surface area contributed by atoms with Crippen LogP contribution in [0.2, 0.25) is 0 Å². The fourth-order valence-electron chi connectivity index (χ4n) is 2.54. The quantitative estimate of drug-likeness (QED) is 0.423. The van der Waals surface area contributed by atoms with Crippen molar-refractivity contribution in [1.29, 1.82) is 0 Å². The number of thiocarbonyl (C=S) groups is 1. The van der Waals surface area contributed by atoms with Crippen LogP contribution in [0.1, 0.15) is 11.3 Å². The second-order valence-corrected chi connectivity index (χ2v) is 6.46. The summed E-state index contributed by atoms with van der Waals surface area (Å²) in [4.78, 5) is 12.0. The van der Waals surface area contributed by atoms with Crippen LogP contribution in [0.25, 0.3) is 17.4 Å². The van der Waals surface area contributed by atoms with Gasteiger partial charge in [0.2, 0.25) is 5.91 Å². The summed E-state index contributed by atoms with van der Waals surface area (Å²) < 4.78 is 10.6. The molecule has 0 bridgehead atoms. The topological polar surface area (TPSA) is 83.7 Å². The average Bonchev–Trinajstić information content (AvgIpc) is 3.22. The van der Waals surface area contributed by atoms with Crippen molar-refractivity contribution in [3.63, 3.8) is 0 Å². The zero-order valence-electron chi connectivity index (χ0n) is 15.7. The number of ether oxygens (including phenoxy) is 1. The standard InChI is InChI=1S/C22H20N2O4S/c1-27-18-9-2-15(3-10-18)4-13-21(26)24-22(29)23-17-7-5-16(6-8-17)20-12-11-19(14-25)28-20/h2-13,25H,14H2,1H3,(H2,23,24,26,29)/b13-4+. The van der Waals surface area contributed by atoms with Crippen molar-refractivity contribution in [1.82, 2.24) is 5.32 Å². The lowest BCUT2D eigenvalue weighted by molar-refractivity contribution is -0.115. The summed E-state index contributed by atoms with van der Waals surface area (Å²) in [6.45, 7) is -0.138. The van der Waals surface area contributed by atoms with E-state index in [-0.39, 0.29) is 17.6 Å². The van der Waals surface area contributed by atoms with Gasteiger partial charge in [0.25, 0.3) is 0 Å². The highest BCUT2D eigenvalue weighted by Crippen LogP contribution is 2.23. The maximum Gasteiger partial charge on any atom is 0.250 e. The van der Waals surface area contributed by atoms with E-state index >= 15 is 0 Å². The Morgan fingerprint density at radius 2 is 1.83 bits per heavy atom. The van der Waals surface area contributed by atoms with Gasteiger partial charge in [0.1, 0.15) is 23.9 Å². The molecule has 0 aliphatic heterocycles. The number of aliphatic hydroxyl groups excluding tert-OH is 1. The third kappa shape index (κ3) is 5.78. The lowest BCUT2D eigenvalue weighted by Gasteiger charge is -2.08. The molecule has 0 radical (unpaired) electrons. The zero-order valence-corrected chi connectivity index (χ0v) is 16.5. The predicted octanol–water partition coefficient (Wildman–Crippen LogP) is 3.97. The van der Waals surface area contributed by atoms with Gasteiger partial charge >= 0.3 is 0 Å². The first kappa shape index (κ1) is 20.3. The molecule has 1 amide bonds. The minimum Gasteiger partial charge on any atom is -0.497 e. The number of hydrogen-bond acceptors (Lipinski definition) is 5. The van der Waals surface area contributed by atoms with Gasteiger partial charge in [0, 0.05) is 17.3 Å². The molecule has 1 heterocycles. The molecule has 0 unspecified atom stereocenters. The van der Waals surface area contributed by atoms with Crippen LogP contribution < -0.4 is 15.4 Å². The summed E-state index contributed by atoms with van der Waals surface area (Å²) in [6.07, 6.45) is 3.10. The van der Waals surface area contributed by atoms with E-state index in [0.29, 0.717) is 11.5 Å². The third-order valence-electron chi connectivity index (χ3n) is 4.02. The van der Waals surface area contributed by atoms with Crippen molar-refractivity contribution < 1.29 is 19.1 Å². The molecule has 0 atom stereocenters. The largest absolute Gasteiger partial charge is 0.497 e. The Hall–Kier alpha value is -3.42. The normalized spacial score (nSPS) is 10.7. The Bertz CT molecular complexity index is 1010. The van der Waals surface area contributed by atoms with E-state index in [1.807, 2.05) is 48.5 Å². The summed E-state index contributed by atoms with van der Waals surface area (Å²) in [6, 6.07) is 18.2. The van der Waals surface area contributed by atoms with E-state index in [9.17, 15) is 4.79 Å². The molecule has 29 heavy (non-hydrogen) atoms. The van der Waals surface area contributed by atoms with E-state index in [0.717, 1.165) is 22.6 Å². The molecule has 0 aliphatic carbocycles. The van der Waals surface area contributed by atoms with E-state index in [4.69, 9.17) is 26.5 Å². The summed E-state index contributed by atoms with van der Waals surface area (Å²) >= 11 is 5.18. The molecule has 0 spiro atoms. The van der Waals surface area contributed by atoms with E-state index in [2.05, 4.69) is 10.6 Å². The summed E-state index contributed by atoms with van der Waals surface area (Å²) in [5, 5.41) is 14.8. The lowest BCUT2D eigenvalue weighted by atomic mass is 10.1. The van der Waals surface area contributed by atoms with E-state index in [1.54, 1.807) is 25.3 Å². The van der Waals surface area contributed by atoms with Gasteiger partial charge in [-0.05, 0) is 72.4 Å². The van der Waals surface area contributed by atoms with Gasteiger partial charge in [-0.1, -0.05) is 12.1 Å². The van der Waals surface area contributed by atoms with Crippen LogP contribution in [0, 0.1) is 0 Å². The second-order valence-electron chi connectivity index (χ2n) is 6.05. The molecule has 0 fully saturated rings. The smallest absolute Gasteiger partial charge is 0.250 e.